The average Bonchev–Trinajstić information content (AvgIpc) is 3.43. The van der Waals surface area contributed by atoms with Crippen LogP contribution in [0.1, 0.15) is 26.6 Å². The molecule has 0 radical (unpaired) electrons. The van der Waals surface area contributed by atoms with Gasteiger partial charge in [-0.1, -0.05) is 42.5 Å². The second-order valence-corrected chi connectivity index (χ2v) is 8.00. The number of amides is 1. The van der Waals surface area contributed by atoms with Gasteiger partial charge in [0.05, 0.1) is 25.9 Å². The third-order valence-corrected chi connectivity index (χ3v) is 5.74. The summed E-state index contributed by atoms with van der Waals surface area (Å²) in [4.78, 5) is 16.4. The Kier molecular flexibility index (Phi) is 5.95. The molecule has 2 heterocycles. The van der Waals surface area contributed by atoms with E-state index in [-0.39, 0.29) is 5.91 Å². The smallest absolute Gasteiger partial charge is 0.275 e. The Morgan fingerprint density at radius 1 is 1.03 bits per heavy atom. The molecule has 0 aliphatic rings. The number of nitrogens with zero attached hydrogens (tertiary/aromatic N) is 3. The van der Waals surface area contributed by atoms with E-state index in [1.165, 1.54) is 0 Å². The maximum atomic E-state index is 13.5. The van der Waals surface area contributed by atoms with Crippen molar-refractivity contribution >= 4 is 17.2 Å². The maximum absolute atomic E-state index is 13.5. The SMILES string of the molecule is COc1ccccc1CN(Cc1cccs1)C(=O)c1cc(C)n(-c2ccccc2)n1. The molecule has 2 aromatic heterocycles. The molecule has 0 aliphatic heterocycles. The van der Waals surface area contributed by atoms with Gasteiger partial charge >= 0.3 is 0 Å². The third kappa shape index (κ3) is 4.28. The summed E-state index contributed by atoms with van der Waals surface area (Å²) in [6.45, 7) is 2.92. The highest BCUT2D eigenvalue weighted by Crippen LogP contribution is 2.23. The molecule has 30 heavy (non-hydrogen) atoms. The van der Waals surface area contributed by atoms with Crippen molar-refractivity contribution in [1.82, 2.24) is 14.7 Å². The molecule has 4 aromatic rings. The van der Waals surface area contributed by atoms with E-state index < -0.39 is 0 Å². The Bertz CT molecular complexity index is 1120. The molecule has 0 bridgehead atoms. The molecule has 0 spiro atoms. The zero-order chi connectivity index (χ0) is 20.9. The van der Waals surface area contributed by atoms with E-state index in [1.54, 1.807) is 23.1 Å². The van der Waals surface area contributed by atoms with E-state index in [0.717, 1.165) is 27.6 Å². The number of methoxy groups -OCH3 is 1. The number of ether oxygens (including phenoxy) is 1. The molecule has 2 aromatic carbocycles. The van der Waals surface area contributed by atoms with Crippen molar-refractivity contribution in [3.8, 4) is 11.4 Å². The Morgan fingerprint density at radius 2 is 1.80 bits per heavy atom. The standard InChI is InChI=1S/C24H23N3O2S/c1-18-15-22(25-27(18)20-10-4-3-5-11-20)24(28)26(17-21-12-8-14-30-21)16-19-9-6-7-13-23(19)29-2/h3-15H,16-17H2,1-2H3. The summed E-state index contributed by atoms with van der Waals surface area (Å²) in [5.41, 5.74) is 3.24. The minimum atomic E-state index is -0.105. The summed E-state index contributed by atoms with van der Waals surface area (Å²) in [6.07, 6.45) is 0. The van der Waals surface area contributed by atoms with Crippen LogP contribution >= 0.6 is 11.3 Å². The van der Waals surface area contributed by atoms with Crippen molar-refractivity contribution in [2.45, 2.75) is 20.0 Å². The van der Waals surface area contributed by atoms with Gasteiger partial charge in [0, 0.05) is 16.1 Å². The highest BCUT2D eigenvalue weighted by Gasteiger charge is 2.22. The minimum absolute atomic E-state index is 0.105. The number of thiophene rings is 1. The number of aromatic nitrogens is 2. The van der Waals surface area contributed by atoms with Crippen LogP contribution in [-0.4, -0.2) is 27.7 Å². The number of hydrogen-bond acceptors (Lipinski definition) is 4. The van der Waals surface area contributed by atoms with Gasteiger partial charge in [-0.3, -0.25) is 4.79 Å². The van der Waals surface area contributed by atoms with Crippen LogP contribution in [0, 0.1) is 6.92 Å². The van der Waals surface area contributed by atoms with E-state index >= 15 is 0 Å². The molecule has 0 atom stereocenters. The normalized spacial score (nSPS) is 10.7. The summed E-state index contributed by atoms with van der Waals surface area (Å²) in [5, 5.41) is 6.64. The fourth-order valence-electron chi connectivity index (χ4n) is 3.40. The van der Waals surface area contributed by atoms with Crippen molar-refractivity contribution < 1.29 is 9.53 Å². The molecule has 0 N–H and O–H groups in total. The minimum Gasteiger partial charge on any atom is -0.496 e. The predicted molar refractivity (Wildman–Crippen MR) is 119 cm³/mol. The number of carbonyl (C=O) groups excluding carboxylic acids is 1. The lowest BCUT2D eigenvalue weighted by molar-refractivity contribution is 0.0724. The molecule has 0 saturated heterocycles. The molecular formula is C24H23N3O2S. The van der Waals surface area contributed by atoms with Crippen molar-refractivity contribution in [1.29, 1.82) is 0 Å². The second-order valence-electron chi connectivity index (χ2n) is 6.97. The maximum Gasteiger partial charge on any atom is 0.275 e. The highest BCUT2D eigenvalue weighted by molar-refractivity contribution is 7.09. The Hall–Kier alpha value is -3.38. The van der Waals surface area contributed by atoms with Crippen molar-refractivity contribution in [2.75, 3.05) is 7.11 Å². The zero-order valence-electron chi connectivity index (χ0n) is 17.0. The molecule has 1 amide bonds. The van der Waals surface area contributed by atoms with Crippen molar-refractivity contribution in [2.24, 2.45) is 0 Å². The number of benzene rings is 2. The van der Waals surface area contributed by atoms with Gasteiger partial charge in [-0.05, 0) is 42.6 Å². The molecule has 0 aliphatic carbocycles. The van der Waals surface area contributed by atoms with Crippen molar-refractivity contribution in [3.63, 3.8) is 0 Å². The monoisotopic (exact) mass is 417 g/mol. The first kappa shape index (κ1) is 19.9. The van der Waals surface area contributed by atoms with Crippen LogP contribution in [0.3, 0.4) is 0 Å². The van der Waals surface area contributed by atoms with Crippen LogP contribution in [0.15, 0.2) is 78.2 Å². The molecule has 0 saturated carbocycles. The predicted octanol–water partition coefficient (Wildman–Crippen LogP) is 5.09. The van der Waals surface area contributed by atoms with Gasteiger partial charge in [0.2, 0.25) is 0 Å². The van der Waals surface area contributed by atoms with E-state index in [9.17, 15) is 4.79 Å². The summed E-state index contributed by atoms with van der Waals surface area (Å²) in [6, 6.07) is 23.5. The van der Waals surface area contributed by atoms with Crippen molar-refractivity contribution in [3.05, 3.63) is 100 Å². The van der Waals surface area contributed by atoms with Crippen LogP contribution < -0.4 is 4.74 Å². The number of para-hydroxylation sites is 2. The first-order valence-corrected chi connectivity index (χ1v) is 10.6. The molecule has 5 nitrogen and oxygen atoms in total. The summed E-state index contributed by atoms with van der Waals surface area (Å²) >= 11 is 1.64. The quantitative estimate of drug-likeness (QED) is 0.421. The van der Waals surface area contributed by atoms with Gasteiger partial charge in [-0.2, -0.15) is 5.10 Å². The molecule has 152 valence electrons. The van der Waals surface area contributed by atoms with Gasteiger partial charge in [0.1, 0.15) is 5.75 Å². The summed E-state index contributed by atoms with van der Waals surface area (Å²) in [7, 11) is 1.65. The van der Waals surface area contributed by atoms with Gasteiger partial charge in [-0.25, -0.2) is 4.68 Å². The second kappa shape index (κ2) is 8.97. The van der Waals surface area contributed by atoms with Crippen LogP contribution in [-0.2, 0) is 13.1 Å². The molecular weight excluding hydrogens is 394 g/mol. The summed E-state index contributed by atoms with van der Waals surface area (Å²) in [5.74, 6) is 0.666. The molecule has 4 rings (SSSR count). The number of carbonyl (C=O) groups is 1. The van der Waals surface area contributed by atoms with Gasteiger partial charge in [-0.15, -0.1) is 11.3 Å². The van der Waals surface area contributed by atoms with Crippen LogP contribution in [0.4, 0.5) is 0 Å². The van der Waals surface area contributed by atoms with Crippen LogP contribution in [0.25, 0.3) is 5.69 Å². The lowest BCUT2D eigenvalue weighted by Gasteiger charge is -2.22. The first-order chi connectivity index (χ1) is 14.7. The van der Waals surface area contributed by atoms with E-state index in [1.807, 2.05) is 90.0 Å². The number of hydrogen-bond donors (Lipinski definition) is 0. The average molecular weight is 418 g/mol. The van der Waals surface area contributed by atoms with E-state index in [2.05, 4.69) is 5.10 Å². The van der Waals surface area contributed by atoms with Crippen LogP contribution in [0.5, 0.6) is 5.75 Å². The lowest BCUT2D eigenvalue weighted by Crippen LogP contribution is -2.30. The number of aryl methyl sites for hydroxylation is 1. The molecule has 0 unspecified atom stereocenters. The zero-order valence-corrected chi connectivity index (χ0v) is 17.8. The Labute approximate surface area is 180 Å². The number of rotatable bonds is 7. The molecule has 6 heteroatoms. The first-order valence-electron chi connectivity index (χ1n) is 9.71. The van der Waals surface area contributed by atoms with E-state index in [4.69, 9.17) is 4.74 Å². The third-order valence-electron chi connectivity index (χ3n) is 4.88. The Morgan fingerprint density at radius 3 is 2.53 bits per heavy atom. The topological polar surface area (TPSA) is 47.4 Å². The largest absolute Gasteiger partial charge is 0.496 e. The highest BCUT2D eigenvalue weighted by atomic mass is 32.1. The van der Waals surface area contributed by atoms with Gasteiger partial charge in [0.25, 0.3) is 5.91 Å². The van der Waals surface area contributed by atoms with Gasteiger partial charge in [0.15, 0.2) is 5.69 Å². The Balaban J connectivity index is 1.66. The van der Waals surface area contributed by atoms with Gasteiger partial charge < -0.3 is 9.64 Å². The van der Waals surface area contributed by atoms with E-state index in [0.29, 0.717) is 18.8 Å². The fraction of sp³-hybridized carbons (Fsp3) is 0.167. The van der Waals surface area contributed by atoms with Crippen LogP contribution in [0.2, 0.25) is 0 Å². The summed E-state index contributed by atoms with van der Waals surface area (Å²) < 4.78 is 7.30. The molecule has 0 fully saturated rings. The lowest BCUT2D eigenvalue weighted by atomic mass is 10.1. The fourth-order valence-corrected chi connectivity index (χ4v) is 4.12.